The molecule has 1 amide bonds. The third kappa shape index (κ3) is 5.39. The molecule has 0 fully saturated rings. The Labute approximate surface area is 155 Å². The molecule has 0 spiro atoms. The van der Waals surface area contributed by atoms with Gasteiger partial charge in [-0.15, -0.1) is 0 Å². The molecule has 2 aromatic carbocycles. The number of para-hydroxylation sites is 1. The summed E-state index contributed by atoms with van der Waals surface area (Å²) in [5.41, 5.74) is 2.12. The lowest BCUT2D eigenvalue weighted by Crippen LogP contribution is -2.30. The maximum absolute atomic E-state index is 12.5. The molecule has 0 aliphatic rings. The Morgan fingerprint density at radius 1 is 1.04 bits per heavy atom. The molecule has 0 aromatic heterocycles. The Hall–Kier alpha value is -2.22. The molecule has 3 N–H and O–H groups in total. The van der Waals surface area contributed by atoms with Crippen LogP contribution in [0.5, 0.6) is 0 Å². The van der Waals surface area contributed by atoms with Crippen molar-refractivity contribution in [2.24, 2.45) is 0 Å². The van der Waals surface area contributed by atoms with Crippen LogP contribution in [0.25, 0.3) is 0 Å². The quantitative estimate of drug-likeness (QED) is 0.662. The number of carbonyl (C=O) groups excluding carboxylic acids is 1. The molecule has 0 heterocycles. The Bertz CT molecular complexity index is 847. The number of hydrogen-bond acceptors (Lipinski definition) is 4. The second-order valence-corrected chi connectivity index (χ2v) is 7.91. The number of carbonyl (C=O) groups is 1. The lowest BCUT2D eigenvalue weighted by atomic mass is 10.1. The summed E-state index contributed by atoms with van der Waals surface area (Å²) in [5, 5.41) is 6.11. The van der Waals surface area contributed by atoms with E-state index in [2.05, 4.69) is 15.4 Å². The Morgan fingerprint density at radius 3 is 2.31 bits per heavy atom. The molecule has 2 rings (SSSR count). The van der Waals surface area contributed by atoms with E-state index < -0.39 is 10.0 Å². The standard InChI is InChI=1S/C19H25N3O3S/c1-4-20-13-16-7-5-6-8-18(16)21-19(23)15-9-11-17(12-10-15)26(24,25)22-14(2)3/h5-12,14,20,22H,4,13H2,1-3H3,(H,21,23). The first-order valence-corrected chi connectivity index (χ1v) is 10.0. The van der Waals surface area contributed by atoms with Crippen LogP contribution < -0.4 is 15.4 Å². The first-order valence-electron chi connectivity index (χ1n) is 8.56. The minimum Gasteiger partial charge on any atom is -0.322 e. The zero-order valence-electron chi connectivity index (χ0n) is 15.2. The summed E-state index contributed by atoms with van der Waals surface area (Å²) < 4.78 is 26.8. The van der Waals surface area contributed by atoms with Crippen LogP contribution in [0.2, 0.25) is 0 Å². The number of nitrogens with one attached hydrogen (secondary N) is 3. The third-order valence-electron chi connectivity index (χ3n) is 3.65. The van der Waals surface area contributed by atoms with Gasteiger partial charge >= 0.3 is 0 Å². The van der Waals surface area contributed by atoms with Crippen LogP contribution in [0.3, 0.4) is 0 Å². The van der Waals surface area contributed by atoms with Crippen LogP contribution in [0, 0.1) is 0 Å². The van der Waals surface area contributed by atoms with E-state index in [1.807, 2.05) is 31.2 Å². The predicted octanol–water partition coefficient (Wildman–Crippen LogP) is 2.74. The molecule has 0 atom stereocenters. The van der Waals surface area contributed by atoms with E-state index >= 15 is 0 Å². The number of anilines is 1. The van der Waals surface area contributed by atoms with Crippen molar-refractivity contribution in [2.75, 3.05) is 11.9 Å². The zero-order valence-corrected chi connectivity index (χ0v) is 16.1. The lowest BCUT2D eigenvalue weighted by Gasteiger charge is -2.12. The second kappa shape index (κ2) is 8.93. The first-order chi connectivity index (χ1) is 12.3. The van der Waals surface area contributed by atoms with Crippen molar-refractivity contribution in [1.82, 2.24) is 10.0 Å². The van der Waals surface area contributed by atoms with E-state index in [1.165, 1.54) is 24.3 Å². The molecule has 0 bridgehead atoms. The molecule has 6 nitrogen and oxygen atoms in total. The average molecular weight is 375 g/mol. The molecule has 0 aliphatic carbocycles. The minimum absolute atomic E-state index is 0.135. The topological polar surface area (TPSA) is 87.3 Å². The number of benzene rings is 2. The van der Waals surface area contributed by atoms with Gasteiger partial charge in [0, 0.05) is 23.8 Å². The molecule has 0 saturated carbocycles. The number of sulfonamides is 1. The molecule has 140 valence electrons. The number of rotatable bonds is 8. The van der Waals surface area contributed by atoms with E-state index in [1.54, 1.807) is 13.8 Å². The number of amides is 1. The van der Waals surface area contributed by atoms with Crippen molar-refractivity contribution in [3.05, 3.63) is 59.7 Å². The van der Waals surface area contributed by atoms with Gasteiger partial charge in [-0.1, -0.05) is 25.1 Å². The van der Waals surface area contributed by atoms with E-state index in [0.717, 1.165) is 17.8 Å². The van der Waals surface area contributed by atoms with Gasteiger partial charge in [-0.2, -0.15) is 0 Å². The molecule has 0 aliphatic heterocycles. The summed E-state index contributed by atoms with van der Waals surface area (Å²) >= 11 is 0. The molecule has 7 heteroatoms. The van der Waals surface area contributed by atoms with Crippen LogP contribution in [0.4, 0.5) is 5.69 Å². The van der Waals surface area contributed by atoms with Gasteiger partial charge in [0.1, 0.15) is 0 Å². The van der Waals surface area contributed by atoms with Crippen molar-refractivity contribution < 1.29 is 13.2 Å². The van der Waals surface area contributed by atoms with E-state index in [-0.39, 0.29) is 16.8 Å². The molecule has 0 unspecified atom stereocenters. The van der Waals surface area contributed by atoms with E-state index in [4.69, 9.17) is 0 Å². The van der Waals surface area contributed by atoms with Crippen molar-refractivity contribution in [2.45, 2.75) is 38.3 Å². The van der Waals surface area contributed by atoms with Crippen LogP contribution in [0.1, 0.15) is 36.7 Å². The average Bonchev–Trinajstić information content (AvgIpc) is 2.60. The minimum atomic E-state index is -3.57. The van der Waals surface area contributed by atoms with Crippen molar-refractivity contribution in [3.8, 4) is 0 Å². The molecule has 0 saturated heterocycles. The third-order valence-corrected chi connectivity index (χ3v) is 5.32. The Kier molecular flexibility index (Phi) is 6.90. The Balaban J connectivity index is 2.14. The lowest BCUT2D eigenvalue weighted by molar-refractivity contribution is 0.102. The second-order valence-electron chi connectivity index (χ2n) is 6.19. The highest BCUT2D eigenvalue weighted by Crippen LogP contribution is 2.17. The van der Waals surface area contributed by atoms with Gasteiger partial charge in [0.2, 0.25) is 10.0 Å². The smallest absolute Gasteiger partial charge is 0.255 e. The van der Waals surface area contributed by atoms with Gasteiger partial charge in [-0.25, -0.2) is 13.1 Å². The van der Waals surface area contributed by atoms with Gasteiger partial charge in [0.15, 0.2) is 0 Å². The van der Waals surface area contributed by atoms with Crippen LogP contribution in [0.15, 0.2) is 53.4 Å². The molecule has 2 aromatic rings. The monoisotopic (exact) mass is 375 g/mol. The van der Waals surface area contributed by atoms with Crippen LogP contribution in [-0.2, 0) is 16.6 Å². The van der Waals surface area contributed by atoms with Crippen molar-refractivity contribution in [1.29, 1.82) is 0 Å². The normalized spacial score (nSPS) is 11.5. The van der Waals surface area contributed by atoms with E-state index in [0.29, 0.717) is 12.1 Å². The molecular weight excluding hydrogens is 350 g/mol. The summed E-state index contributed by atoms with van der Waals surface area (Å²) in [6.45, 7) is 7.02. The van der Waals surface area contributed by atoms with Crippen molar-refractivity contribution >= 4 is 21.6 Å². The molecule has 0 radical (unpaired) electrons. The Morgan fingerprint density at radius 2 is 1.69 bits per heavy atom. The molecule has 26 heavy (non-hydrogen) atoms. The maximum atomic E-state index is 12.5. The highest BCUT2D eigenvalue weighted by molar-refractivity contribution is 7.89. The fourth-order valence-corrected chi connectivity index (χ4v) is 3.67. The SMILES string of the molecule is CCNCc1ccccc1NC(=O)c1ccc(S(=O)(=O)NC(C)C)cc1. The van der Waals surface area contributed by atoms with Gasteiger partial charge in [-0.05, 0) is 56.3 Å². The predicted molar refractivity (Wildman–Crippen MR) is 104 cm³/mol. The first kappa shape index (κ1) is 20.1. The largest absolute Gasteiger partial charge is 0.322 e. The van der Waals surface area contributed by atoms with Gasteiger partial charge in [0.25, 0.3) is 5.91 Å². The van der Waals surface area contributed by atoms with Crippen molar-refractivity contribution in [3.63, 3.8) is 0 Å². The highest BCUT2D eigenvalue weighted by Gasteiger charge is 2.16. The fourth-order valence-electron chi connectivity index (χ4n) is 2.41. The van der Waals surface area contributed by atoms with Crippen LogP contribution >= 0.6 is 0 Å². The molecular formula is C19H25N3O3S. The highest BCUT2D eigenvalue weighted by atomic mass is 32.2. The fraction of sp³-hybridized carbons (Fsp3) is 0.316. The zero-order chi connectivity index (χ0) is 19.2. The van der Waals surface area contributed by atoms with Gasteiger partial charge < -0.3 is 10.6 Å². The summed E-state index contributed by atoms with van der Waals surface area (Å²) in [5.74, 6) is -0.283. The maximum Gasteiger partial charge on any atom is 0.255 e. The summed E-state index contributed by atoms with van der Waals surface area (Å²) in [4.78, 5) is 12.6. The van der Waals surface area contributed by atoms with E-state index in [9.17, 15) is 13.2 Å². The summed E-state index contributed by atoms with van der Waals surface area (Å²) in [7, 11) is -3.57. The number of hydrogen-bond donors (Lipinski definition) is 3. The summed E-state index contributed by atoms with van der Waals surface area (Å²) in [6.07, 6.45) is 0. The van der Waals surface area contributed by atoms with Crippen LogP contribution in [-0.4, -0.2) is 26.9 Å². The van der Waals surface area contributed by atoms with Gasteiger partial charge in [-0.3, -0.25) is 4.79 Å². The summed E-state index contributed by atoms with van der Waals surface area (Å²) in [6, 6.07) is 13.3. The van der Waals surface area contributed by atoms with Gasteiger partial charge in [0.05, 0.1) is 4.90 Å².